The molecule has 2 aromatic rings. The van der Waals surface area contributed by atoms with Crippen LogP contribution < -0.4 is 10.6 Å². The van der Waals surface area contributed by atoms with Gasteiger partial charge in [-0.3, -0.25) is 9.59 Å². The highest BCUT2D eigenvalue weighted by molar-refractivity contribution is 6.09. The SMILES string of the molecule is COCCCNC(=O)c1ccccc1NC(=O)c1cc(C)ccc1C. The van der Waals surface area contributed by atoms with Crippen molar-refractivity contribution in [2.24, 2.45) is 0 Å². The van der Waals surface area contributed by atoms with Crippen LogP contribution in [0.15, 0.2) is 42.5 Å². The van der Waals surface area contributed by atoms with E-state index in [1.807, 2.05) is 32.0 Å². The molecule has 0 fully saturated rings. The molecule has 0 aliphatic rings. The molecule has 25 heavy (non-hydrogen) atoms. The molecule has 0 radical (unpaired) electrons. The third-order valence-corrected chi connectivity index (χ3v) is 3.87. The number of carbonyl (C=O) groups excluding carboxylic acids is 2. The van der Waals surface area contributed by atoms with Gasteiger partial charge in [0.2, 0.25) is 0 Å². The van der Waals surface area contributed by atoms with Gasteiger partial charge in [-0.25, -0.2) is 0 Å². The molecule has 0 heterocycles. The van der Waals surface area contributed by atoms with Gasteiger partial charge in [0.25, 0.3) is 11.8 Å². The number of carbonyl (C=O) groups is 2. The van der Waals surface area contributed by atoms with Crippen molar-refractivity contribution in [1.82, 2.24) is 5.32 Å². The first-order chi connectivity index (χ1) is 12.0. The van der Waals surface area contributed by atoms with Gasteiger partial charge >= 0.3 is 0 Å². The zero-order chi connectivity index (χ0) is 18.2. The van der Waals surface area contributed by atoms with Crippen molar-refractivity contribution < 1.29 is 14.3 Å². The van der Waals surface area contributed by atoms with Crippen molar-refractivity contribution in [3.05, 3.63) is 64.7 Å². The topological polar surface area (TPSA) is 67.4 Å². The molecule has 0 unspecified atom stereocenters. The summed E-state index contributed by atoms with van der Waals surface area (Å²) in [5.74, 6) is -0.436. The largest absolute Gasteiger partial charge is 0.385 e. The van der Waals surface area contributed by atoms with Crippen LogP contribution in [0.4, 0.5) is 5.69 Å². The van der Waals surface area contributed by atoms with E-state index in [0.717, 1.165) is 17.5 Å². The molecule has 0 aliphatic carbocycles. The van der Waals surface area contributed by atoms with Gasteiger partial charge in [-0.05, 0) is 44.0 Å². The molecule has 0 aromatic heterocycles. The van der Waals surface area contributed by atoms with E-state index in [1.54, 1.807) is 31.4 Å². The Hall–Kier alpha value is -2.66. The summed E-state index contributed by atoms with van der Waals surface area (Å²) in [4.78, 5) is 25.0. The van der Waals surface area contributed by atoms with Crippen LogP contribution >= 0.6 is 0 Å². The number of hydrogen-bond donors (Lipinski definition) is 2. The number of nitrogens with one attached hydrogen (secondary N) is 2. The highest BCUT2D eigenvalue weighted by Crippen LogP contribution is 2.18. The number of methoxy groups -OCH3 is 1. The minimum Gasteiger partial charge on any atom is -0.385 e. The van der Waals surface area contributed by atoms with Crippen LogP contribution in [0, 0.1) is 13.8 Å². The highest BCUT2D eigenvalue weighted by Gasteiger charge is 2.15. The molecule has 2 N–H and O–H groups in total. The summed E-state index contributed by atoms with van der Waals surface area (Å²) < 4.78 is 4.97. The summed E-state index contributed by atoms with van der Waals surface area (Å²) in [6.07, 6.45) is 0.735. The Balaban J connectivity index is 2.13. The van der Waals surface area contributed by atoms with E-state index < -0.39 is 0 Å². The number of aryl methyl sites for hydroxylation is 2. The summed E-state index contributed by atoms with van der Waals surface area (Å²) in [5, 5.41) is 5.69. The fraction of sp³-hybridized carbons (Fsp3) is 0.300. The molecule has 0 saturated heterocycles. The Bertz CT molecular complexity index is 756. The minimum absolute atomic E-state index is 0.215. The van der Waals surface area contributed by atoms with Gasteiger partial charge in [0.05, 0.1) is 11.3 Å². The van der Waals surface area contributed by atoms with Crippen molar-refractivity contribution >= 4 is 17.5 Å². The average Bonchev–Trinajstić information content (AvgIpc) is 2.61. The maximum Gasteiger partial charge on any atom is 0.255 e. The third-order valence-electron chi connectivity index (χ3n) is 3.87. The monoisotopic (exact) mass is 340 g/mol. The van der Waals surface area contributed by atoms with E-state index in [0.29, 0.717) is 30.0 Å². The smallest absolute Gasteiger partial charge is 0.255 e. The zero-order valence-corrected chi connectivity index (χ0v) is 14.9. The van der Waals surface area contributed by atoms with E-state index in [2.05, 4.69) is 10.6 Å². The highest BCUT2D eigenvalue weighted by atomic mass is 16.5. The third kappa shape index (κ3) is 5.16. The molecule has 2 amide bonds. The van der Waals surface area contributed by atoms with Gasteiger partial charge in [0.15, 0.2) is 0 Å². The Kier molecular flexibility index (Phi) is 6.71. The molecule has 0 atom stereocenters. The zero-order valence-electron chi connectivity index (χ0n) is 14.9. The minimum atomic E-state index is -0.221. The predicted octanol–water partition coefficient (Wildman–Crippen LogP) is 3.32. The number of rotatable bonds is 7. The number of hydrogen-bond acceptors (Lipinski definition) is 3. The lowest BCUT2D eigenvalue weighted by atomic mass is 10.0. The van der Waals surface area contributed by atoms with E-state index in [-0.39, 0.29) is 11.8 Å². The van der Waals surface area contributed by atoms with Crippen LogP contribution in [0.25, 0.3) is 0 Å². The van der Waals surface area contributed by atoms with Crippen molar-refractivity contribution in [3.8, 4) is 0 Å². The van der Waals surface area contributed by atoms with Gasteiger partial charge in [0, 0.05) is 25.8 Å². The van der Waals surface area contributed by atoms with Crippen molar-refractivity contribution in [2.75, 3.05) is 25.6 Å². The normalized spacial score (nSPS) is 10.4. The Morgan fingerprint density at radius 1 is 1.00 bits per heavy atom. The van der Waals surface area contributed by atoms with E-state index in [9.17, 15) is 9.59 Å². The summed E-state index contributed by atoms with van der Waals surface area (Å²) >= 11 is 0. The standard InChI is InChI=1S/C20H24N2O3/c1-14-9-10-15(2)17(13-14)20(24)22-18-8-5-4-7-16(18)19(23)21-11-6-12-25-3/h4-5,7-10,13H,6,11-12H2,1-3H3,(H,21,23)(H,22,24). The van der Waals surface area contributed by atoms with Crippen molar-refractivity contribution in [3.63, 3.8) is 0 Å². The summed E-state index contributed by atoms with van der Waals surface area (Å²) in [7, 11) is 1.62. The maximum atomic E-state index is 12.6. The van der Waals surface area contributed by atoms with Crippen LogP contribution in [0.1, 0.15) is 38.3 Å². The van der Waals surface area contributed by atoms with Gasteiger partial charge in [0.1, 0.15) is 0 Å². The maximum absolute atomic E-state index is 12.6. The number of amides is 2. The Morgan fingerprint density at radius 3 is 2.52 bits per heavy atom. The molecule has 0 spiro atoms. The van der Waals surface area contributed by atoms with Crippen molar-refractivity contribution in [1.29, 1.82) is 0 Å². The number of para-hydroxylation sites is 1. The second kappa shape index (κ2) is 8.99. The lowest BCUT2D eigenvalue weighted by Crippen LogP contribution is -2.26. The van der Waals surface area contributed by atoms with Crippen LogP contribution in [-0.4, -0.2) is 32.1 Å². The van der Waals surface area contributed by atoms with Crippen LogP contribution in [0.5, 0.6) is 0 Å². The lowest BCUT2D eigenvalue weighted by molar-refractivity contribution is 0.0949. The van der Waals surface area contributed by atoms with Gasteiger partial charge in [-0.15, -0.1) is 0 Å². The molecule has 0 saturated carbocycles. The van der Waals surface area contributed by atoms with Gasteiger partial charge in [-0.2, -0.15) is 0 Å². The average molecular weight is 340 g/mol. The van der Waals surface area contributed by atoms with Crippen LogP contribution in [0.2, 0.25) is 0 Å². The summed E-state index contributed by atoms with van der Waals surface area (Å²) in [5.41, 5.74) is 3.45. The van der Waals surface area contributed by atoms with Gasteiger partial charge in [-0.1, -0.05) is 29.8 Å². The molecule has 5 nitrogen and oxygen atoms in total. The van der Waals surface area contributed by atoms with E-state index >= 15 is 0 Å². The number of benzene rings is 2. The number of anilines is 1. The molecule has 2 rings (SSSR count). The van der Waals surface area contributed by atoms with E-state index in [1.165, 1.54) is 0 Å². The molecule has 0 bridgehead atoms. The molecule has 0 aliphatic heterocycles. The molecular weight excluding hydrogens is 316 g/mol. The first-order valence-electron chi connectivity index (χ1n) is 8.27. The van der Waals surface area contributed by atoms with Crippen molar-refractivity contribution in [2.45, 2.75) is 20.3 Å². The molecule has 2 aromatic carbocycles. The predicted molar refractivity (Wildman–Crippen MR) is 99.1 cm³/mol. The summed E-state index contributed by atoms with van der Waals surface area (Å²) in [6, 6.07) is 12.7. The number of ether oxygens (including phenoxy) is 1. The molecular formula is C20H24N2O3. The quantitative estimate of drug-likeness (QED) is 0.760. The Morgan fingerprint density at radius 2 is 1.76 bits per heavy atom. The Labute approximate surface area is 148 Å². The fourth-order valence-electron chi connectivity index (χ4n) is 2.47. The molecule has 132 valence electrons. The second-order valence-corrected chi connectivity index (χ2v) is 5.92. The van der Waals surface area contributed by atoms with E-state index in [4.69, 9.17) is 4.74 Å². The van der Waals surface area contributed by atoms with Crippen LogP contribution in [-0.2, 0) is 4.74 Å². The summed E-state index contributed by atoms with van der Waals surface area (Å²) in [6.45, 7) is 4.94. The van der Waals surface area contributed by atoms with Gasteiger partial charge < -0.3 is 15.4 Å². The second-order valence-electron chi connectivity index (χ2n) is 5.92. The van der Waals surface area contributed by atoms with Crippen LogP contribution in [0.3, 0.4) is 0 Å². The lowest BCUT2D eigenvalue weighted by Gasteiger charge is -2.13. The fourth-order valence-corrected chi connectivity index (χ4v) is 2.47. The first kappa shape index (κ1) is 18.7. The molecule has 5 heteroatoms. The first-order valence-corrected chi connectivity index (χ1v) is 8.27.